The molecular weight excluding hydrogens is 314 g/mol. The second kappa shape index (κ2) is 9.43. The molecule has 2 amide bonds. The van der Waals surface area contributed by atoms with E-state index in [1.807, 2.05) is 18.3 Å². The first-order valence-electron chi connectivity index (χ1n) is 7.95. The van der Waals surface area contributed by atoms with E-state index in [0.717, 1.165) is 25.4 Å². The van der Waals surface area contributed by atoms with Gasteiger partial charge in [0.15, 0.2) is 0 Å². The lowest BCUT2D eigenvalue weighted by atomic mass is 9.98. The van der Waals surface area contributed by atoms with Crippen LogP contribution >= 0.6 is 23.1 Å². The summed E-state index contributed by atoms with van der Waals surface area (Å²) in [5.41, 5.74) is 0. The third kappa shape index (κ3) is 6.18. The van der Waals surface area contributed by atoms with E-state index in [-0.39, 0.29) is 12.1 Å². The number of hydrogen-bond donors (Lipinski definition) is 2. The Morgan fingerprint density at radius 3 is 3.18 bits per heavy atom. The standard InChI is InChI=1S/C16H27N3OS2/c1-13(12-21-2)18-16(20)17-9-14-5-3-7-19(10-14)11-15-6-4-8-22-15/h4,6,8,13-14H,3,5,7,9-12H2,1-2H3,(H2,17,18,20)/t13-,14-/m0/s1. The van der Waals surface area contributed by atoms with E-state index >= 15 is 0 Å². The zero-order chi connectivity index (χ0) is 15.8. The maximum atomic E-state index is 11.9. The van der Waals surface area contributed by atoms with Gasteiger partial charge in [-0.15, -0.1) is 11.3 Å². The molecule has 0 aromatic carbocycles. The van der Waals surface area contributed by atoms with E-state index in [4.69, 9.17) is 0 Å². The summed E-state index contributed by atoms with van der Waals surface area (Å²) >= 11 is 3.58. The number of thioether (sulfide) groups is 1. The van der Waals surface area contributed by atoms with Crippen LogP contribution in [0.4, 0.5) is 4.79 Å². The summed E-state index contributed by atoms with van der Waals surface area (Å²) in [5, 5.41) is 8.16. The number of carbonyl (C=O) groups excluding carboxylic acids is 1. The third-order valence-corrected chi connectivity index (χ3v) is 5.60. The highest BCUT2D eigenvalue weighted by molar-refractivity contribution is 7.98. The molecule has 1 aromatic heterocycles. The molecule has 6 heteroatoms. The molecule has 0 unspecified atom stereocenters. The molecule has 22 heavy (non-hydrogen) atoms. The summed E-state index contributed by atoms with van der Waals surface area (Å²) in [6.45, 7) is 6.12. The summed E-state index contributed by atoms with van der Waals surface area (Å²) in [7, 11) is 0. The minimum Gasteiger partial charge on any atom is -0.338 e. The van der Waals surface area contributed by atoms with Crippen LogP contribution in [0.5, 0.6) is 0 Å². The van der Waals surface area contributed by atoms with Crippen LogP contribution in [0.1, 0.15) is 24.6 Å². The van der Waals surface area contributed by atoms with Gasteiger partial charge in [0, 0.05) is 36.3 Å². The number of rotatable bonds is 7. The molecule has 2 rings (SSSR count). The minimum atomic E-state index is -0.0306. The third-order valence-electron chi connectivity index (χ3n) is 3.91. The van der Waals surface area contributed by atoms with Crippen molar-refractivity contribution in [2.45, 2.75) is 32.4 Å². The first-order valence-corrected chi connectivity index (χ1v) is 10.2. The van der Waals surface area contributed by atoms with Crippen molar-refractivity contribution in [1.29, 1.82) is 0 Å². The average molecular weight is 342 g/mol. The van der Waals surface area contributed by atoms with Crippen LogP contribution in [0.3, 0.4) is 0 Å². The molecule has 2 heterocycles. The van der Waals surface area contributed by atoms with Crippen molar-refractivity contribution < 1.29 is 4.79 Å². The molecule has 2 N–H and O–H groups in total. The molecule has 1 fully saturated rings. The summed E-state index contributed by atoms with van der Waals surface area (Å²) < 4.78 is 0. The van der Waals surface area contributed by atoms with Gasteiger partial charge in [0.25, 0.3) is 0 Å². The van der Waals surface area contributed by atoms with Crippen molar-refractivity contribution >= 4 is 29.1 Å². The van der Waals surface area contributed by atoms with Crippen molar-refractivity contribution in [2.24, 2.45) is 5.92 Å². The van der Waals surface area contributed by atoms with Crippen LogP contribution in [0.15, 0.2) is 17.5 Å². The van der Waals surface area contributed by atoms with Gasteiger partial charge < -0.3 is 10.6 Å². The van der Waals surface area contributed by atoms with Crippen molar-refractivity contribution in [3.8, 4) is 0 Å². The van der Waals surface area contributed by atoms with E-state index in [2.05, 4.69) is 39.3 Å². The fourth-order valence-corrected chi connectivity index (χ4v) is 4.22. The van der Waals surface area contributed by atoms with Crippen LogP contribution in [0.25, 0.3) is 0 Å². The number of carbonyl (C=O) groups is 1. The summed E-state index contributed by atoms with van der Waals surface area (Å²) in [6, 6.07) is 4.50. The summed E-state index contributed by atoms with van der Waals surface area (Å²) in [5.74, 6) is 1.51. The quantitative estimate of drug-likeness (QED) is 0.801. The molecule has 2 atom stereocenters. The van der Waals surface area contributed by atoms with Crippen molar-refractivity contribution in [1.82, 2.24) is 15.5 Å². The highest BCUT2D eigenvalue weighted by Gasteiger charge is 2.20. The number of amides is 2. The lowest BCUT2D eigenvalue weighted by molar-refractivity contribution is 0.166. The normalized spacial score (nSPS) is 20.5. The lowest BCUT2D eigenvalue weighted by Crippen LogP contribution is -2.46. The molecule has 1 aromatic rings. The average Bonchev–Trinajstić information content (AvgIpc) is 2.99. The number of hydrogen-bond acceptors (Lipinski definition) is 4. The Morgan fingerprint density at radius 2 is 2.45 bits per heavy atom. The van der Waals surface area contributed by atoms with Gasteiger partial charge in [-0.2, -0.15) is 11.8 Å². The maximum absolute atomic E-state index is 11.9. The SMILES string of the molecule is CSC[C@H](C)NC(=O)NC[C@@H]1CCCN(Cc2cccs2)C1. The highest BCUT2D eigenvalue weighted by Crippen LogP contribution is 2.19. The van der Waals surface area contributed by atoms with Crippen molar-refractivity contribution in [3.63, 3.8) is 0 Å². The summed E-state index contributed by atoms with van der Waals surface area (Å²) in [6.07, 6.45) is 4.49. The second-order valence-electron chi connectivity index (χ2n) is 6.03. The smallest absolute Gasteiger partial charge is 0.315 e. The molecule has 0 spiro atoms. The van der Waals surface area contributed by atoms with Gasteiger partial charge in [-0.25, -0.2) is 4.79 Å². The molecule has 1 aliphatic heterocycles. The molecule has 1 aliphatic rings. The Morgan fingerprint density at radius 1 is 1.59 bits per heavy atom. The largest absolute Gasteiger partial charge is 0.338 e. The molecule has 0 aliphatic carbocycles. The molecule has 0 bridgehead atoms. The Kier molecular flexibility index (Phi) is 7.55. The Hall–Kier alpha value is -0.720. The van der Waals surface area contributed by atoms with E-state index in [0.29, 0.717) is 5.92 Å². The van der Waals surface area contributed by atoms with Crippen molar-refractivity contribution in [2.75, 3.05) is 31.6 Å². The first-order chi connectivity index (χ1) is 10.7. The first kappa shape index (κ1) is 17.6. The molecule has 0 radical (unpaired) electrons. The number of nitrogens with zero attached hydrogens (tertiary/aromatic N) is 1. The molecule has 124 valence electrons. The van der Waals surface area contributed by atoms with Gasteiger partial charge in [0.2, 0.25) is 0 Å². The van der Waals surface area contributed by atoms with E-state index < -0.39 is 0 Å². The van der Waals surface area contributed by atoms with Gasteiger partial charge in [-0.1, -0.05) is 6.07 Å². The van der Waals surface area contributed by atoms with Gasteiger partial charge >= 0.3 is 6.03 Å². The van der Waals surface area contributed by atoms with Gasteiger partial charge in [-0.05, 0) is 49.9 Å². The molecular formula is C16H27N3OS2. The number of nitrogens with one attached hydrogen (secondary N) is 2. The monoisotopic (exact) mass is 341 g/mol. The highest BCUT2D eigenvalue weighted by atomic mass is 32.2. The fourth-order valence-electron chi connectivity index (χ4n) is 2.89. The number of likely N-dealkylation sites (tertiary alicyclic amines) is 1. The number of piperidine rings is 1. The zero-order valence-corrected chi connectivity index (χ0v) is 15.1. The maximum Gasteiger partial charge on any atom is 0.315 e. The minimum absolute atomic E-state index is 0.0306. The zero-order valence-electron chi connectivity index (χ0n) is 13.5. The molecule has 1 saturated heterocycles. The predicted octanol–water partition coefficient (Wildman–Crippen LogP) is 3.01. The Labute approximate surface area is 142 Å². The van der Waals surface area contributed by atoms with Gasteiger partial charge in [0.05, 0.1) is 0 Å². The lowest BCUT2D eigenvalue weighted by Gasteiger charge is -2.32. The van der Waals surface area contributed by atoms with E-state index in [1.165, 1.54) is 24.3 Å². The van der Waals surface area contributed by atoms with Gasteiger partial charge in [-0.3, -0.25) is 4.90 Å². The number of thiophene rings is 1. The summed E-state index contributed by atoms with van der Waals surface area (Å²) in [4.78, 5) is 15.8. The Bertz CT molecular complexity index is 439. The Balaban J connectivity index is 1.68. The van der Waals surface area contributed by atoms with Crippen molar-refractivity contribution in [3.05, 3.63) is 22.4 Å². The van der Waals surface area contributed by atoms with Gasteiger partial charge in [0.1, 0.15) is 0 Å². The van der Waals surface area contributed by atoms with Crippen LogP contribution in [-0.2, 0) is 6.54 Å². The van der Waals surface area contributed by atoms with Crippen LogP contribution < -0.4 is 10.6 Å². The molecule has 4 nitrogen and oxygen atoms in total. The predicted molar refractivity (Wildman–Crippen MR) is 96.7 cm³/mol. The van der Waals surface area contributed by atoms with E-state index in [9.17, 15) is 4.79 Å². The fraction of sp³-hybridized carbons (Fsp3) is 0.688. The van der Waals surface area contributed by atoms with Crippen LogP contribution in [0, 0.1) is 5.92 Å². The topological polar surface area (TPSA) is 44.4 Å². The van der Waals surface area contributed by atoms with E-state index in [1.54, 1.807) is 11.8 Å². The van der Waals surface area contributed by atoms with Crippen LogP contribution in [0.2, 0.25) is 0 Å². The van der Waals surface area contributed by atoms with Crippen LogP contribution in [-0.4, -0.2) is 48.6 Å². The molecule has 0 saturated carbocycles. The number of urea groups is 1. The second-order valence-corrected chi connectivity index (χ2v) is 7.98.